The van der Waals surface area contributed by atoms with Crippen LogP contribution in [0.2, 0.25) is 0 Å². The number of benzene rings is 2. The van der Waals surface area contributed by atoms with Gasteiger partial charge in [-0.15, -0.1) is 11.8 Å². The zero-order chi connectivity index (χ0) is 27.8. The van der Waals surface area contributed by atoms with Crippen molar-refractivity contribution in [2.75, 3.05) is 22.9 Å². The molecule has 0 fully saturated rings. The van der Waals surface area contributed by atoms with Crippen molar-refractivity contribution in [3.63, 3.8) is 0 Å². The van der Waals surface area contributed by atoms with Gasteiger partial charge in [-0.2, -0.15) is 0 Å². The molecular formula is C34H48N2OS. The van der Waals surface area contributed by atoms with Gasteiger partial charge in [0.05, 0.1) is 5.76 Å². The van der Waals surface area contributed by atoms with Gasteiger partial charge in [0, 0.05) is 41.4 Å². The van der Waals surface area contributed by atoms with Gasteiger partial charge in [0.2, 0.25) is 0 Å². The van der Waals surface area contributed by atoms with E-state index in [1.54, 1.807) is 0 Å². The first-order valence-corrected chi connectivity index (χ1v) is 15.1. The van der Waals surface area contributed by atoms with Gasteiger partial charge in [-0.25, -0.2) is 0 Å². The smallest absolute Gasteiger partial charge is 0.0965 e. The average molecular weight is 533 g/mol. The number of unbranched alkanes of at least 4 members (excludes halogenated alkanes) is 3. The molecule has 206 valence electrons. The third kappa shape index (κ3) is 9.31. The largest absolute Gasteiger partial charge is 0.512 e. The molecule has 0 amide bonds. The van der Waals surface area contributed by atoms with E-state index in [1.807, 2.05) is 17.8 Å². The normalized spacial score (nSPS) is 14.2. The van der Waals surface area contributed by atoms with E-state index in [1.165, 1.54) is 53.9 Å². The monoisotopic (exact) mass is 532 g/mol. The van der Waals surface area contributed by atoms with Gasteiger partial charge < -0.3 is 15.7 Å². The highest BCUT2D eigenvalue weighted by molar-refractivity contribution is 8.03. The van der Waals surface area contributed by atoms with E-state index in [2.05, 4.69) is 107 Å². The lowest BCUT2D eigenvalue weighted by Crippen LogP contribution is -2.14. The number of hydrogen-bond donors (Lipinski definition) is 3. The van der Waals surface area contributed by atoms with Crippen molar-refractivity contribution in [3.8, 4) is 0 Å². The summed E-state index contributed by atoms with van der Waals surface area (Å²) < 4.78 is 0. The van der Waals surface area contributed by atoms with Crippen molar-refractivity contribution < 1.29 is 5.11 Å². The summed E-state index contributed by atoms with van der Waals surface area (Å²) in [5, 5.41) is 18.0. The Morgan fingerprint density at radius 2 is 1.68 bits per heavy atom. The lowest BCUT2D eigenvalue weighted by atomic mass is 9.81. The maximum Gasteiger partial charge on any atom is 0.0965 e. The van der Waals surface area contributed by atoms with Gasteiger partial charge in [0.25, 0.3) is 0 Å². The first-order chi connectivity index (χ1) is 18.0. The molecule has 0 aliphatic carbocycles. The molecule has 4 heteroatoms. The fourth-order valence-electron chi connectivity index (χ4n) is 4.75. The molecule has 0 saturated heterocycles. The Balaban J connectivity index is 1.39. The Hall–Kier alpha value is -2.59. The summed E-state index contributed by atoms with van der Waals surface area (Å²) in [6.07, 6.45) is 10.5. The van der Waals surface area contributed by atoms with Crippen molar-refractivity contribution in [1.82, 2.24) is 0 Å². The first-order valence-electron chi connectivity index (χ1n) is 14.1. The number of aliphatic hydroxyl groups is 1. The van der Waals surface area contributed by atoms with E-state index in [0.29, 0.717) is 12.2 Å². The Morgan fingerprint density at radius 1 is 0.974 bits per heavy atom. The molecule has 38 heavy (non-hydrogen) atoms. The summed E-state index contributed by atoms with van der Waals surface area (Å²) in [5.41, 5.74) is 7.31. The van der Waals surface area contributed by atoms with Gasteiger partial charge in [-0.05, 0) is 76.5 Å². The summed E-state index contributed by atoms with van der Waals surface area (Å²) in [4.78, 5) is 1.14. The Bertz CT molecular complexity index is 1150. The van der Waals surface area contributed by atoms with Crippen LogP contribution >= 0.6 is 11.8 Å². The van der Waals surface area contributed by atoms with Crippen LogP contribution in [0, 0.1) is 10.8 Å². The molecule has 0 atom stereocenters. The second-order valence-corrected chi connectivity index (χ2v) is 13.8. The minimum Gasteiger partial charge on any atom is -0.512 e. The molecule has 1 heterocycles. The summed E-state index contributed by atoms with van der Waals surface area (Å²) in [7, 11) is 0. The highest BCUT2D eigenvalue weighted by Gasteiger charge is 2.23. The van der Waals surface area contributed by atoms with E-state index < -0.39 is 0 Å². The predicted molar refractivity (Wildman–Crippen MR) is 170 cm³/mol. The first kappa shape index (κ1) is 30.0. The van der Waals surface area contributed by atoms with Crippen LogP contribution in [-0.4, -0.2) is 17.4 Å². The Kier molecular flexibility index (Phi) is 10.6. The lowest BCUT2D eigenvalue weighted by Gasteiger charge is -2.26. The molecule has 3 nitrogen and oxygen atoms in total. The van der Waals surface area contributed by atoms with Gasteiger partial charge >= 0.3 is 0 Å². The van der Waals surface area contributed by atoms with Crippen LogP contribution in [0.5, 0.6) is 0 Å². The molecule has 3 rings (SSSR count). The van der Waals surface area contributed by atoms with E-state index in [0.717, 1.165) is 29.2 Å². The van der Waals surface area contributed by atoms with Crippen LogP contribution in [0.3, 0.4) is 0 Å². The third-order valence-electron chi connectivity index (χ3n) is 6.75. The molecule has 3 N–H and O–H groups in total. The topological polar surface area (TPSA) is 44.3 Å². The number of hydrogen-bond acceptors (Lipinski definition) is 4. The van der Waals surface area contributed by atoms with E-state index >= 15 is 0 Å². The maximum atomic E-state index is 10.9. The zero-order valence-electron chi connectivity index (χ0n) is 24.4. The van der Waals surface area contributed by atoms with Crippen molar-refractivity contribution >= 4 is 28.8 Å². The molecule has 0 spiro atoms. The van der Waals surface area contributed by atoms with Crippen LogP contribution in [0.4, 0.5) is 17.1 Å². The zero-order valence-corrected chi connectivity index (χ0v) is 25.2. The summed E-state index contributed by atoms with van der Waals surface area (Å²) >= 11 is 1.85. The van der Waals surface area contributed by atoms with Gasteiger partial charge in [-0.3, -0.25) is 0 Å². The van der Waals surface area contributed by atoms with E-state index in [4.69, 9.17) is 0 Å². The quantitative estimate of drug-likeness (QED) is 0.123. The molecule has 0 radical (unpaired) electrons. The molecule has 0 unspecified atom stereocenters. The Morgan fingerprint density at radius 3 is 2.39 bits per heavy atom. The number of aliphatic hydroxyl groups excluding tert-OH is 1. The van der Waals surface area contributed by atoms with Crippen molar-refractivity contribution in [2.45, 2.75) is 80.1 Å². The molecule has 1 aliphatic rings. The number of nitrogens with one attached hydrogen (secondary N) is 2. The predicted octanol–water partition coefficient (Wildman–Crippen LogP) is 10.4. The second kappa shape index (κ2) is 13.5. The number of para-hydroxylation sites is 1. The van der Waals surface area contributed by atoms with Crippen molar-refractivity contribution in [3.05, 3.63) is 88.6 Å². The van der Waals surface area contributed by atoms with Crippen LogP contribution < -0.4 is 10.6 Å². The molecule has 0 bridgehead atoms. The summed E-state index contributed by atoms with van der Waals surface area (Å²) in [6.45, 7) is 18.0. The molecule has 1 aliphatic heterocycles. The number of fused-ring (bicyclic) bond motifs is 2. The van der Waals surface area contributed by atoms with Gasteiger partial charge in [0.15, 0.2) is 0 Å². The average Bonchev–Trinajstić information content (AvgIpc) is 2.84. The third-order valence-corrected chi connectivity index (χ3v) is 7.86. The highest BCUT2D eigenvalue weighted by Crippen LogP contribution is 2.36. The highest BCUT2D eigenvalue weighted by atomic mass is 32.2. The van der Waals surface area contributed by atoms with Crippen LogP contribution in [0.1, 0.15) is 84.8 Å². The molecule has 2 aromatic rings. The minimum atomic E-state index is -0.115. The van der Waals surface area contributed by atoms with Gasteiger partial charge in [-0.1, -0.05) is 85.2 Å². The van der Waals surface area contributed by atoms with Crippen molar-refractivity contribution in [1.29, 1.82) is 0 Å². The molecular weight excluding hydrogens is 484 g/mol. The number of rotatable bonds is 12. The second-order valence-electron chi connectivity index (χ2n) is 12.6. The minimum absolute atomic E-state index is 0.0497. The van der Waals surface area contributed by atoms with E-state index in [-0.39, 0.29) is 10.8 Å². The fraction of sp³-hybridized carbons (Fsp3) is 0.471. The maximum absolute atomic E-state index is 10.9. The van der Waals surface area contributed by atoms with Crippen molar-refractivity contribution in [2.24, 2.45) is 10.8 Å². The Labute approximate surface area is 235 Å². The van der Waals surface area contributed by atoms with Crippen LogP contribution in [-0.2, 0) is 6.42 Å². The number of thioether (sulfide) groups is 1. The fourth-order valence-corrected chi connectivity index (χ4v) is 5.66. The lowest BCUT2D eigenvalue weighted by molar-refractivity contribution is 0.290. The SMILES string of the molecule is C=C/C(=C\C(=C(\O)CC(C)(C)C)C(C)(C)C)SCCCCCCNc1ccc2c(c1)Cc1ccccc1N2. The summed E-state index contributed by atoms with van der Waals surface area (Å²) in [6, 6.07) is 15.2. The molecule has 2 aromatic carbocycles. The van der Waals surface area contributed by atoms with Gasteiger partial charge in [0.1, 0.15) is 0 Å². The standard InChI is InChI=1S/C34H48N2OS/c1-8-28(23-29(34(5,6)7)32(37)24-33(2,3)4)38-20-14-10-9-13-19-35-27-17-18-31-26(22-27)21-25-15-11-12-16-30(25)36-31/h8,11-12,15-18,22-23,35-37H,1,9-10,13-14,19-21,24H2,2-7H3/b28-23+,32-29-. The van der Waals surface area contributed by atoms with Crippen LogP contribution in [0.15, 0.2) is 77.4 Å². The number of allylic oxidation sites excluding steroid dienone is 4. The summed E-state index contributed by atoms with van der Waals surface area (Å²) in [5.74, 6) is 1.57. The molecule has 0 saturated carbocycles. The van der Waals surface area contributed by atoms with Crippen LogP contribution in [0.25, 0.3) is 0 Å². The van der Waals surface area contributed by atoms with E-state index in [9.17, 15) is 5.11 Å². The number of anilines is 3. The molecule has 0 aromatic heterocycles.